The normalized spacial score (nSPS) is 10.9. The molecular formula is C11H20N2O2. The van der Waals surface area contributed by atoms with Gasteiger partial charge in [-0.05, 0) is 26.8 Å². The summed E-state index contributed by atoms with van der Waals surface area (Å²) in [6.07, 6.45) is 1.15. The molecule has 0 radical (unpaired) electrons. The fourth-order valence-corrected chi connectivity index (χ4v) is 1.21. The largest absolute Gasteiger partial charge is 0.443 e. The summed E-state index contributed by atoms with van der Waals surface area (Å²) < 4.78 is 10.8. The molecule has 86 valence electrons. The maximum Gasteiger partial charge on any atom is 0.220 e. The molecule has 0 spiro atoms. The predicted molar refractivity (Wildman–Crippen MR) is 58.8 cm³/mol. The number of aryl methyl sites for hydroxylation is 2. The predicted octanol–water partition coefficient (Wildman–Crippen LogP) is 1.81. The lowest BCUT2D eigenvalue weighted by Gasteiger charge is -2.02. The molecule has 0 fully saturated rings. The molecule has 1 rings (SSSR count). The molecule has 4 nitrogen and oxygen atoms in total. The summed E-state index contributed by atoms with van der Waals surface area (Å²) in [6.45, 7) is 9.07. The third-order valence-electron chi connectivity index (χ3n) is 2.15. The van der Waals surface area contributed by atoms with Gasteiger partial charge in [0.1, 0.15) is 12.4 Å². The summed E-state index contributed by atoms with van der Waals surface area (Å²) in [5, 5.41) is 3.26. The van der Waals surface area contributed by atoms with Crippen molar-refractivity contribution < 1.29 is 9.15 Å². The van der Waals surface area contributed by atoms with E-state index in [2.05, 4.69) is 17.2 Å². The third-order valence-corrected chi connectivity index (χ3v) is 2.15. The van der Waals surface area contributed by atoms with Crippen LogP contribution in [0.4, 0.5) is 0 Å². The molecule has 0 aliphatic carbocycles. The Bertz CT molecular complexity index is 265. The average Bonchev–Trinajstić information content (AvgIpc) is 2.52. The van der Waals surface area contributed by atoms with E-state index in [-0.39, 0.29) is 0 Å². The fraction of sp³-hybridized carbons (Fsp3) is 0.727. The Hall–Kier alpha value is -0.870. The summed E-state index contributed by atoms with van der Waals surface area (Å²) in [4.78, 5) is 4.23. The Morgan fingerprint density at radius 3 is 2.73 bits per heavy atom. The number of aromatic nitrogens is 1. The number of ether oxygens (including phenoxy) is 1. The second-order valence-corrected chi connectivity index (χ2v) is 3.55. The summed E-state index contributed by atoms with van der Waals surface area (Å²) in [7, 11) is 0. The Kier molecular flexibility index (Phi) is 5.36. The molecule has 0 aromatic carbocycles. The van der Waals surface area contributed by atoms with Gasteiger partial charge in [0.15, 0.2) is 0 Å². The van der Waals surface area contributed by atoms with Gasteiger partial charge in [0.05, 0.1) is 12.3 Å². The lowest BCUT2D eigenvalue weighted by molar-refractivity contribution is 0.104. The van der Waals surface area contributed by atoms with Crippen molar-refractivity contribution in [2.45, 2.75) is 33.8 Å². The highest BCUT2D eigenvalue weighted by Crippen LogP contribution is 2.08. The van der Waals surface area contributed by atoms with Crippen LogP contribution in [0.25, 0.3) is 0 Å². The molecule has 0 atom stereocenters. The second-order valence-electron chi connectivity index (χ2n) is 3.55. The number of nitrogens with zero attached hydrogens (tertiary/aromatic N) is 1. The van der Waals surface area contributed by atoms with E-state index in [0.29, 0.717) is 19.1 Å². The van der Waals surface area contributed by atoms with Gasteiger partial charge in [-0.25, -0.2) is 4.98 Å². The van der Waals surface area contributed by atoms with Crippen molar-refractivity contribution >= 4 is 0 Å². The van der Waals surface area contributed by atoms with Crippen LogP contribution in [0, 0.1) is 13.8 Å². The molecule has 0 bridgehead atoms. The topological polar surface area (TPSA) is 47.3 Å². The molecule has 1 N–H and O–H groups in total. The van der Waals surface area contributed by atoms with E-state index >= 15 is 0 Å². The number of hydrogen-bond donors (Lipinski definition) is 1. The number of oxazole rings is 1. The Morgan fingerprint density at radius 2 is 2.13 bits per heavy atom. The zero-order valence-corrected chi connectivity index (χ0v) is 9.80. The first-order valence-corrected chi connectivity index (χ1v) is 5.45. The first kappa shape index (κ1) is 12.2. The fourth-order valence-electron chi connectivity index (χ4n) is 1.21. The van der Waals surface area contributed by atoms with Crippen LogP contribution < -0.4 is 5.32 Å². The van der Waals surface area contributed by atoms with E-state index in [1.807, 2.05) is 13.8 Å². The first-order valence-electron chi connectivity index (χ1n) is 5.45. The van der Waals surface area contributed by atoms with Crippen LogP contribution >= 0.6 is 0 Å². The number of hydrogen-bond acceptors (Lipinski definition) is 4. The van der Waals surface area contributed by atoms with Crippen LogP contribution in [0.2, 0.25) is 0 Å². The molecule has 1 heterocycles. The Labute approximate surface area is 91.0 Å². The van der Waals surface area contributed by atoms with Gasteiger partial charge in [-0.15, -0.1) is 0 Å². The maximum absolute atomic E-state index is 5.42. The average molecular weight is 212 g/mol. The van der Waals surface area contributed by atoms with E-state index in [9.17, 15) is 0 Å². The molecule has 4 heteroatoms. The summed E-state index contributed by atoms with van der Waals surface area (Å²) >= 11 is 0. The van der Waals surface area contributed by atoms with E-state index < -0.39 is 0 Å². The molecule has 15 heavy (non-hydrogen) atoms. The summed E-state index contributed by atoms with van der Waals surface area (Å²) in [5.41, 5.74) is 0.942. The lowest BCUT2D eigenvalue weighted by Crippen LogP contribution is -2.20. The molecular weight excluding hydrogens is 192 g/mol. The van der Waals surface area contributed by atoms with E-state index in [1.165, 1.54) is 0 Å². The van der Waals surface area contributed by atoms with Crippen LogP contribution in [-0.4, -0.2) is 24.7 Å². The smallest absolute Gasteiger partial charge is 0.220 e. The molecule has 1 aromatic rings. The van der Waals surface area contributed by atoms with Crippen molar-refractivity contribution in [1.82, 2.24) is 10.3 Å². The second kappa shape index (κ2) is 6.58. The van der Waals surface area contributed by atoms with Gasteiger partial charge in [-0.1, -0.05) is 6.92 Å². The van der Waals surface area contributed by atoms with Crippen molar-refractivity contribution in [3.63, 3.8) is 0 Å². The highest BCUT2D eigenvalue weighted by Gasteiger charge is 2.04. The molecule has 0 saturated heterocycles. The minimum atomic E-state index is 0.461. The highest BCUT2D eigenvalue weighted by molar-refractivity contribution is 5.04. The third kappa shape index (κ3) is 4.44. The highest BCUT2D eigenvalue weighted by atomic mass is 16.5. The van der Waals surface area contributed by atoms with Crippen LogP contribution in [-0.2, 0) is 11.3 Å². The Morgan fingerprint density at radius 1 is 1.33 bits per heavy atom. The lowest BCUT2D eigenvalue weighted by atomic mass is 10.4. The quantitative estimate of drug-likeness (QED) is 0.700. The number of nitrogens with one attached hydrogen (secondary N) is 1. The zero-order valence-electron chi connectivity index (χ0n) is 9.80. The standard InChI is InChI=1S/C11H20N2O2/c1-4-5-12-6-7-14-8-11-13-9(2)10(3)15-11/h12H,4-8H2,1-3H3. The molecule has 0 saturated carbocycles. The van der Waals surface area contributed by atoms with Gasteiger partial charge in [-0.3, -0.25) is 0 Å². The van der Waals surface area contributed by atoms with Crippen LogP contribution in [0.1, 0.15) is 30.7 Å². The SMILES string of the molecule is CCCNCCOCc1nc(C)c(C)o1. The van der Waals surface area contributed by atoms with Gasteiger partial charge in [-0.2, -0.15) is 0 Å². The minimum absolute atomic E-state index is 0.461. The Balaban J connectivity index is 2.10. The van der Waals surface area contributed by atoms with Crippen LogP contribution in [0.3, 0.4) is 0 Å². The van der Waals surface area contributed by atoms with Gasteiger partial charge < -0.3 is 14.5 Å². The van der Waals surface area contributed by atoms with Gasteiger partial charge >= 0.3 is 0 Å². The van der Waals surface area contributed by atoms with Gasteiger partial charge in [0.25, 0.3) is 0 Å². The van der Waals surface area contributed by atoms with Crippen molar-refractivity contribution in [1.29, 1.82) is 0 Å². The maximum atomic E-state index is 5.42. The molecule has 0 aliphatic heterocycles. The van der Waals surface area contributed by atoms with Gasteiger partial charge in [0, 0.05) is 6.54 Å². The minimum Gasteiger partial charge on any atom is -0.443 e. The van der Waals surface area contributed by atoms with Crippen molar-refractivity contribution in [2.24, 2.45) is 0 Å². The first-order chi connectivity index (χ1) is 7.24. The number of rotatable bonds is 7. The van der Waals surface area contributed by atoms with Crippen LogP contribution in [0.5, 0.6) is 0 Å². The van der Waals surface area contributed by atoms with E-state index in [4.69, 9.17) is 9.15 Å². The molecule has 0 aliphatic rings. The van der Waals surface area contributed by atoms with Gasteiger partial charge in [0.2, 0.25) is 5.89 Å². The van der Waals surface area contributed by atoms with Crippen molar-refractivity contribution in [3.8, 4) is 0 Å². The molecule has 0 amide bonds. The molecule has 0 unspecified atom stereocenters. The van der Waals surface area contributed by atoms with E-state index in [0.717, 1.165) is 31.0 Å². The van der Waals surface area contributed by atoms with Crippen molar-refractivity contribution in [3.05, 3.63) is 17.3 Å². The zero-order chi connectivity index (χ0) is 11.1. The van der Waals surface area contributed by atoms with Crippen LogP contribution in [0.15, 0.2) is 4.42 Å². The monoisotopic (exact) mass is 212 g/mol. The van der Waals surface area contributed by atoms with E-state index in [1.54, 1.807) is 0 Å². The van der Waals surface area contributed by atoms with Crippen molar-refractivity contribution in [2.75, 3.05) is 19.7 Å². The summed E-state index contributed by atoms with van der Waals surface area (Å²) in [5.74, 6) is 1.54. The molecule has 1 aromatic heterocycles. The summed E-state index contributed by atoms with van der Waals surface area (Å²) in [6, 6.07) is 0.